The van der Waals surface area contributed by atoms with E-state index < -0.39 is 17.5 Å². The molecule has 3 N–H and O–H groups in total. The molecule has 5 rings (SSSR count). The highest BCUT2D eigenvalue weighted by Crippen LogP contribution is 2.50. The van der Waals surface area contributed by atoms with E-state index in [0.29, 0.717) is 17.0 Å². The summed E-state index contributed by atoms with van der Waals surface area (Å²) in [6, 6.07) is 6.16. The number of hydrogen-bond donors (Lipinski definition) is 2. The number of fused-ring (bicyclic) bond motifs is 1. The summed E-state index contributed by atoms with van der Waals surface area (Å²) in [6.07, 6.45) is 6.85. The molecule has 2 aromatic heterocycles. The molecule has 172 valence electrons. The topological polar surface area (TPSA) is 88.8 Å². The van der Waals surface area contributed by atoms with Crippen molar-refractivity contribution in [3.05, 3.63) is 74.8 Å². The quantitative estimate of drug-likeness (QED) is 0.567. The third kappa shape index (κ3) is 3.73. The van der Waals surface area contributed by atoms with Gasteiger partial charge in [-0.1, -0.05) is 25.8 Å². The third-order valence-electron chi connectivity index (χ3n) is 7.59. The highest BCUT2D eigenvalue weighted by molar-refractivity contribution is 6.03. The Morgan fingerprint density at radius 1 is 1.12 bits per heavy atom. The number of amides is 1. The second kappa shape index (κ2) is 8.36. The fourth-order valence-electron chi connectivity index (χ4n) is 5.72. The van der Waals surface area contributed by atoms with Crippen molar-refractivity contribution < 1.29 is 13.6 Å². The maximum atomic E-state index is 15.0. The van der Waals surface area contributed by atoms with E-state index in [9.17, 15) is 14.0 Å². The van der Waals surface area contributed by atoms with E-state index in [1.54, 1.807) is 12.1 Å². The molecule has 2 aliphatic rings. The van der Waals surface area contributed by atoms with E-state index in [-0.39, 0.29) is 34.3 Å². The number of rotatable bonds is 4. The lowest BCUT2D eigenvalue weighted by atomic mass is 9.66. The highest BCUT2D eigenvalue weighted by Gasteiger charge is 2.37. The molecule has 1 aromatic carbocycles. The molecule has 2 unspecified atom stereocenters. The fourth-order valence-corrected chi connectivity index (χ4v) is 5.72. The Bertz CT molecular complexity index is 1300. The third-order valence-corrected chi connectivity index (χ3v) is 7.59. The van der Waals surface area contributed by atoms with E-state index in [2.05, 4.69) is 16.9 Å². The predicted molar refractivity (Wildman–Crippen MR) is 122 cm³/mol. The molecule has 33 heavy (non-hydrogen) atoms. The van der Waals surface area contributed by atoms with Gasteiger partial charge < -0.3 is 10.7 Å². The van der Waals surface area contributed by atoms with Crippen molar-refractivity contribution in [3.63, 3.8) is 0 Å². The zero-order valence-corrected chi connectivity index (χ0v) is 18.5. The van der Waals surface area contributed by atoms with Gasteiger partial charge in [0.1, 0.15) is 5.69 Å². The van der Waals surface area contributed by atoms with Crippen molar-refractivity contribution in [2.24, 2.45) is 11.7 Å². The van der Waals surface area contributed by atoms with Crippen LogP contribution in [0.25, 0.3) is 10.9 Å². The molecule has 1 amide bonds. The minimum Gasteiger partial charge on any atom is -0.364 e. The summed E-state index contributed by atoms with van der Waals surface area (Å²) >= 11 is 0. The molecule has 7 heteroatoms. The van der Waals surface area contributed by atoms with Crippen LogP contribution >= 0.6 is 0 Å². The zero-order valence-electron chi connectivity index (χ0n) is 18.5. The highest BCUT2D eigenvalue weighted by atomic mass is 19.2. The zero-order chi connectivity index (χ0) is 23.3. The Balaban J connectivity index is 1.64. The number of carbonyl (C=O) groups excluding carboxylic acids is 1. The monoisotopic (exact) mass is 451 g/mol. The van der Waals surface area contributed by atoms with Gasteiger partial charge in [0.15, 0.2) is 17.1 Å². The predicted octanol–water partition coefficient (Wildman–Crippen LogP) is 5.26. The van der Waals surface area contributed by atoms with Gasteiger partial charge in [-0.3, -0.25) is 14.6 Å². The first kappa shape index (κ1) is 21.7. The molecule has 2 heterocycles. The van der Waals surface area contributed by atoms with Crippen LogP contribution in [-0.2, 0) is 0 Å². The minimum atomic E-state index is -0.799. The molecule has 3 atom stereocenters. The van der Waals surface area contributed by atoms with Crippen molar-refractivity contribution in [3.8, 4) is 0 Å². The number of benzene rings is 1. The van der Waals surface area contributed by atoms with Crippen LogP contribution in [0, 0.1) is 17.6 Å². The molecule has 2 saturated carbocycles. The van der Waals surface area contributed by atoms with Gasteiger partial charge in [0, 0.05) is 23.9 Å². The Labute approximate surface area is 190 Å². The van der Waals surface area contributed by atoms with Crippen LogP contribution in [0.1, 0.15) is 90.5 Å². The van der Waals surface area contributed by atoms with Gasteiger partial charge >= 0.3 is 0 Å². The molecule has 2 aliphatic carbocycles. The molecular formula is C26H27F2N3O2. The molecule has 0 bridgehead atoms. The first-order valence-electron chi connectivity index (χ1n) is 11.6. The van der Waals surface area contributed by atoms with Crippen molar-refractivity contribution in [2.45, 2.75) is 63.2 Å². The van der Waals surface area contributed by atoms with Crippen LogP contribution in [0.15, 0.2) is 35.3 Å². The van der Waals surface area contributed by atoms with Crippen molar-refractivity contribution in [1.82, 2.24) is 9.97 Å². The summed E-state index contributed by atoms with van der Waals surface area (Å²) in [6.45, 7) is 2.18. The number of hydrogen-bond acceptors (Lipinski definition) is 3. The van der Waals surface area contributed by atoms with Gasteiger partial charge in [0.2, 0.25) is 0 Å². The van der Waals surface area contributed by atoms with Crippen molar-refractivity contribution in [2.75, 3.05) is 0 Å². The van der Waals surface area contributed by atoms with Gasteiger partial charge in [-0.15, -0.1) is 0 Å². The lowest BCUT2D eigenvalue weighted by Gasteiger charge is -2.38. The van der Waals surface area contributed by atoms with E-state index in [0.717, 1.165) is 49.8 Å². The Morgan fingerprint density at radius 3 is 2.61 bits per heavy atom. The van der Waals surface area contributed by atoms with Crippen LogP contribution in [0.2, 0.25) is 0 Å². The second-order valence-corrected chi connectivity index (χ2v) is 9.66. The number of primary amides is 1. The Morgan fingerprint density at radius 2 is 1.91 bits per heavy atom. The number of carbonyl (C=O) groups is 1. The first-order chi connectivity index (χ1) is 15.8. The fraction of sp³-hybridized carbons (Fsp3) is 0.423. The van der Waals surface area contributed by atoms with Gasteiger partial charge in [0.05, 0.1) is 10.9 Å². The SMILES string of the molecule is C[C@H]1CCC(c2cc(=O)c3c(C(N)=O)nccc3[nH]2)C(c2ccc(F)c(F)c2C2CCC2)C1. The van der Waals surface area contributed by atoms with Crippen LogP contribution in [-0.4, -0.2) is 15.9 Å². The van der Waals surface area contributed by atoms with E-state index in [1.165, 1.54) is 18.3 Å². The van der Waals surface area contributed by atoms with E-state index in [1.807, 2.05) is 0 Å². The summed E-state index contributed by atoms with van der Waals surface area (Å²) in [5.74, 6) is -1.88. The molecule has 3 aromatic rings. The first-order valence-corrected chi connectivity index (χ1v) is 11.6. The number of pyridine rings is 2. The normalized spacial score (nSPS) is 23.4. The van der Waals surface area contributed by atoms with Crippen LogP contribution in [0.3, 0.4) is 0 Å². The molecule has 0 radical (unpaired) electrons. The summed E-state index contributed by atoms with van der Waals surface area (Å²) < 4.78 is 29.2. The number of aromatic amines is 1. The molecule has 5 nitrogen and oxygen atoms in total. The number of aromatic nitrogens is 2. The average molecular weight is 452 g/mol. The molecule has 2 fully saturated rings. The molecular weight excluding hydrogens is 424 g/mol. The Kier molecular flexibility index (Phi) is 5.51. The Hall–Kier alpha value is -3.09. The average Bonchev–Trinajstić information content (AvgIpc) is 2.75. The van der Waals surface area contributed by atoms with Gasteiger partial charge in [-0.2, -0.15) is 0 Å². The molecule has 0 aliphatic heterocycles. The summed E-state index contributed by atoms with van der Waals surface area (Å²) in [4.78, 5) is 32.1. The number of nitrogens with zero attached hydrogens (tertiary/aromatic N) is 1. The lowest BCUT2D eigenvalue weighted by Crippen LogP contribution is -2.26. The number of nitrogens with one attached hydrogen (secondary N) is 1. The maximum absolute atomic E-state index is 15.0. The minimum absolute atomic E-state index is 0.0370. The maximum Gasteiger partial charge on any atom is 0.268 e. The largest absolute Gasteiger partial charge is 0.364 e. The number of H-pyrrole nitrogens is 1. The van der Waals surface area contributed by atoms with Crippen LogP contribution < -0.4 is 11.2 Å². The summed E-state index contributed by atoms with van der Waals surface area (Å²) in [7, 11) is 0. The molecule has 0 spiro atoms. The molecule has 0 saturated heterocycles. The van der Waals surface area contributed by atoms with E-state index >= 15 is 4.39 Å². The van der Waals surface area contributed by atoms with Gasteiger partial charge in [-0.25, -0.2) is 8.78 Å². The van der Waals surface area contributed by atoms with Crippen LogP contribution in [0.4, 0.5) is 8.78 Å². The van der Waals surface area contributed by atoms with Gasteiger partial charge in [-0.05, 0) is 66.7 Å². The van der Waals surface area contributed by atoms with E-state index in [4.69, 9.17) is 5.73 Å². The number of halogens is 2. The lowest BCUT2D eigenvalue weighted by molar-refractivity contribution is 0.0997. The summed E-state index contributed by atoms with van der Waals surface area (Å²) in [5.41, 5.74) is 7.68. The van der Waals surface area contributed by atoms with Gasteiger partial charge in [0.25, 0.3) is 5.91 Å². The second-order valence-electron chi connectivity index (χ2n) is 9.66. The van der Waals surface area contributed by atoms with Crippen LogP contribution in [0.5, 0.6) is 0 Å². The summed E-state index contributed by atoms with van der Waals surface area (Å²) in [5, 5.41) is 0.178. The smallest absolute Gasteiger partial charge is 0.268 e. The van der Waals surface area contributed by atoms with Crippen molar-refractivity contribution in [1.29, 1.82) is 0 Å². The standard InChI is InChI=1S/C26H27F2N3O2/c1-13-5-6-15(20-12-21(32)23-19(31-20)9-10-30-25(23)26(29)33)17(11-13)16-7-8-18(27)24(28)22(16)14-3-2-4-14/h7-10,12-15,17H,2-6,11H2,1H3,(H2,29,33)(H,31,32)/t13-,15?,17?/m0/s1. The number of nitrogens with two attached hydrogens (primary N) is 1. The van der Waals surface area contributed by atoms with Crippen molar-refractivity contribution >= 4 is 16.8 Å².